The minimum absolute atomic E-state index is 0.0818. The van der Waals surface area contributed by atoms with Gasteiger partial charge < -0.3 is 5.32 Å². The van der Waals surface area contributed by atoms with Crippen LogP contribution in [0.3, 0.4) is 0 Å². The number of hydrogen-bond donors (Lipinski definition) is 1. The molecular weight excluding hydrogens is 390 g/mol. The van der Waals surface area contributed by atoms with Crippen molar-refractivity contribution in [3.05, 3.63) is 81.0 Å². The standard InChI is InChI=1S/C18H14BrNOS2/c19-13-7-9-14(10-8-13)20-18(21)16-5-1-2-6-17(16)23-12-15-4-3-11-22-15/h1-11H,12H2,(H,20,21). The van der Waals surface area contributed by atoms with Crippen LogP contribution in [0, 0.1) is 0 Å². The quantitative estimate of drug-likeness (QED) is 0.524. The molecule has 0 radical (unpaired) electrons. The summed E-state index contributed by atoms with van der Waals surface area (Å²) >= 11 is 6.82. The first-order valence-corrected chi connectivity index (χ1v) is 9.69. The molecule has 0 fully saturated rings. The lowest BCUT2D eigenvalue weighted by Gasteiger charge is -2.09. The monoisotopic (exact) mass is 403 g/mol. The van der Waals surface area contributed by atoms with Crippen molar-refractivity contribution in [2.45, 2.75) is 10.6 Å². The lowest BCUT2D eigenvalue weighted by molar-refractivity contribution is 0.102. The van der Waals surface area contributed by atoms with Gasteiger partial charge in [-0.15, -0.1) is 23.1 Å². The Morgan fingerprint density at radius 2 is 1.83 bits per heavy atom. The number of hydrogen-bond acceptors (Lipinski definition) is 3. The van der Waals surface area contributed by atoms with Crippen LogP contribution in [0.15, 0.2) is 75.4 Å². The number of thioether (sulfide) groups is 1. The third kappa shape index (κ3) is 4.47. The van der Waals surface area contributed by atoms with Crippen LogP contribution < -0.4 is 5.32 Å². The Kier molecular flexibility index (Phi) is 5.54. The molecule has 0 saturated carbocycles. The van der Waals surface area contributed by atoms with Gasteiger partial charge in [0.05, 0.1) is 5.56 Å². The number of benzene rings is 2. The highest BCUT2D eigenvalue weighted by atomic mass is 79.9. The molecule has 1 N–H and O–H groups in total. The summed E-state index contributed by atoms with van der Waals surface area (Å²) in [5.74, 6) is 0.793. The van der Waals surface area contributed by atoms with Crippen molar-refractivity contribution in [3.63, 3.8) is 0 Å². The molecule has 2 nitrogen and oxygen atoms in total. The predicted octanol–water partition coefficient (Wildman–Crippen LogP) is 6.06. The molecule has 0 aliphatic heterocycles. The first-order chi connectivity index (χ1) is 11.2. The smallest absolute Gasteiger partial charge is 0.256 e. The van der Waals surface area contributed by atoms with Crippen LogP contribution in [0.1, 0.15) is 15.2 Å². The molecule has 0 saturated heterocycles. The number of thiophene rings is 1. The van der Waals surface area contributed by atoms with Gasteiger partial charge in [0.25, 0.3) is 5.91 Å². The van der Waals surface area contributed by atoms with Crippen molar-refractivity contribution < 1.29 is 4.79 Å². The highest BCUT2D eigenvalue weighted by molar-refractivity contribution is 9.10. The van der Waals surface area contributed by atoms with Crippen LogP contribution in [-0.2, 0) is 5.75 Å². The summed E-state index contributed by atoms with van der Waals surface area (Å²) in [6.45, 7) is 0. The molecule has 0 unspecified atom stereocenters. The van der Waals surface area contributed by atoms with Crippen LogP contribution >= 0.6 is 39.0 Å². The average molecular weight is 404 g/mol. The third-order valence-electron chi connectivity index (χ3n) is 3.18. The van der Waals surface area contributed by atoms with Crippen molar-refractivity contribution in [1.29, 1.82) is 0 Å². The Bertz CT molecular complexity index is 785. The van der Waals surface area contributed by atoms with Crippen LogP contribution in [0.25, 0.3) is 0 Å². The minimum atomic E-state index is -0.0818. The van der Waals surface area contributed by atoms with E-state index in [9.17, 15) is 4.79 Å². The van der Waals surface area contributed by atoms with E-state index in [0.717, 1.165) is 20.8 Å². The molecule has 3 aromatic rings. The fraction of sp³-hybridized carbons (Fsp3) is 0.0556. The number of carbonyl (C=O) groups excluding carboxylic acids is 1. The van der Waals surface area contributed by atoms with Gasteiger partial charge in [0.15, 0.2) is 0 Å². The Balaban J connectivity index is 1.73. The Morgan fingerprint density at radius 3 is 2.57 bits per heavy atom. The lowest BCUT2D eigenvalue weighted by Crippen LogP contribution is -2.12. The summed E-state index contributed by atoms with van der Waals surface area (Å²) in [5, 5.41) is 5.02. The number of halogens is 1. The second-order valence-corrected chi connectivity index (χ2v) is 7.79. The van der Waals surface area contributed by atoms with Gasteiger partial charge in [0.2, 0.25) is 0 Å². The van der Waals surface area contributed by atoms with Gasteiger partial charge in [0.1, 0.15) is 0 Å². The maximum absolute atomic E-state index is 12.5. The van der Waals surface area contributed by atoms with Crippen molar-refractivity contribution in [2.75, 3.05) is 5.32 Å². The molecule has 5 heteroatoms. The Labute approximate surface area is 152 Å². The Hall–Kier alpha value is -1.56. The van der Waals surface area contributed by atoms with E-state index in [0.29, 0.717) is 5.56 Å². The van der Waals surface area contributed by atoms with E-state index in [1.165, 1.54) is 4.88 Å². The average Bonchev–Trinajstić information content (AvgIpc) is 3.09. The summed E-state index contributed by atoms with van der Waals surface area (Å²) in [7, 11) is 0. The number of nitrogens with one attached hydrogen (secondary N) is 1. The number of amides is 1. The van der Waals surface area contributed by atoms with Crippen LogP contribution in [0.4, 0.5) is 5.69 Å². The third-order valence-corrected chi connectivity index (χ3v) is 5.89. The molecule has 0 bridgehead atoms. The van der Waals surface area contributed by atoms with Gasteiger partial charge in [-0.2, -0.15) is 0 Å². The number of anilines is 1. The highest BCUT2D eigenvalue weighted by Gasteiger charge is 2.12. The lowest BCUT2D eigenvalue weighted by atomic mass is 10.2. The largest absolute Gasteiger partial charge is 0.322 e. The van der Waals surface area contributed by atoms with Crippen LogP contribution in [-0.4, -0.2) is 5.91 Å². The molecule has 1 aromatic heterocycles. The minimum Gasteiger partial charge on any atom is -0.322 e. The van der Waals surface area contributed by atoms with Gasteiger partial charge in [-0.05, 0) is 47.8 Å². The molecule has 116 valence electrons. The van der Waals surface area contributed by atoms with E-state index in [-0.39, 0.29) is 5.91 Å². The topological polar surface area (TPSA) is 29.1 Å². The molecular formula is C18H14BrNOS2. The Morgan fingerprint density at radius 1 is 1.04 bits per heavy atom. The molecule has 23 heavy (non-hydrogen) atoms. The van der Waals surface area contributed by atoms with E-state index >= 15 is 0 Å². The first-order valence-electron chi connectivity index (χ1n) is 7.03. The van der Waals surface area contributed by atoms with E-state index in [2.05, 4.69) is 32.7 Å². The van der Waals surface area contributed by atoms with Crippen molar-refractivity contribution in [1.82, 2.24) is 0 Å². The molecule has 2 aromatic carbocycles. The van der Waals surface area contributed by atoms with Crippen molar-refractivity contribution in [3.8, 4) is 0 Å². The zero-order valence-corrected chi connectivity index (χ0v) is 15.4. The fourth-order valence-corrected chi connectivity index (χ4v) is 4.14. The zero-order chi connectivity index (χ0) is 16.1. The molecule has 0 atom stereocenters. The van der Waals surface area contributed by atoms with Gasteiger partial charge in [-0.1, -0.05) is 34.1 Å². The van der Waals surface area contributed by atoms with Crippen molar-refractivity contribution in [2.24, 2.45) is 0 Å². The molecule has 0 aliphatic rings. The predicted molar refractivity (Wildman–Crippen MR) is 102 cm³/mol. The van der Waals surface area contributed by atoms with Crippen molar-refractivity contribution >= 4 is 50.6 Å². The summed E-state index contributed by atoms with van der Waals surface area (Å²) < 4.78 is 0.988. The summed E-state index contributed by atoms with van der Waals surface area (Å²) in [6.07, 6.45) is 0. The van der Waals surface area contributed by atoms with E-state index < -0.39 is 0 Å². The van der Waals surface area contributed by atoms with E-state index in [1.54, 1.807) is 23.1 Å². The number of carbonyl (C=O) groups is 1. The first kappa shape index (κ1) is 16.3. The maximum Gasteiger partial charge on any atom is 0.256 e. The maximum atomic E-state index is 12.5. The molecule has 0 aliphatic carbocycles. The highest BCUT2D eigenvalue weighted by Crippen LogP contribution is 2.28. The summed E-state index contributed by atoms with van der Waals surface area (Å²) in [4.78, 5) is 14.8. The fourth-order valence-electron chi connectivity index (χ4n) is 2.06. The zero-order valence-electron chi connectivity index (χ0n) is 12.2. The number of rotatable bonds is 5. The van der Waals surface area contributed by atoms with Crippen LogP contribution in [0.2, 0.25) is 0 Å². The van der Waals surface area contributed by atoms with Gasteiger partial charge in [0, 0.05) is 25.7 Å². The second-order valence-electron chi connectivity index (χ2n) is 4.83. The molecule has 1 amide bonds. The van der Waals surface area contributed by atoms with Gasteiger partial charge >= 0.3 is 0 Å². The molecule has 1 heterocycles. The SMILES string of the molecule is O=C(Nc1ccc(Br)cc1)c1ccccc1SCc1cccs1. The van der Waals surface area contributed by atoms with Gasteiger partial charge in [-0.3, -0.25) is 4.79 Å². The van der Waals surface area contributed by atoms with E-state index in [1.807, 2.05) is 54.6 Å². The summed E-state index contributed by atoms with van der Waals surface area (Å²) in [5.41, 5.74) is 1.49. The van der Waals surface area contributed by atoms with E-state index in [4.69, 9.17) is 0 Å². The molecule has 0 spiro atoms. The van der Waals surface area contributed by atoms with Gasteiger partial charge in [-0.25, -0.2) is 0 Å². The summed E-state index contributed by atoms with van der Waals surface area (Å²) in [6, 6.07) is 19.5. The normalized spacial score (nSPS) is 10.5. The second kappa shape index (κ2) is 7.81. The molecule has 3 rings (SSSR count). The van der Waals surface area contributed by atoms with Crippen LogP contribution in [0.5, 0.6) is 0 Å².